The number of nitrogens with one attached hydrogen (secondary N) is 1. The molecule has 0 spiro atoms. The molecule has 0 radical (unpaired) electrons. The van der Waals surface area contributed by atoms with Gasteiger partial charge in [-0.25, -0.2) is 9.97 Å². The number of rotatable bonds is 5. The molecular weight excluding hydrogens is 366 g/mol. The van der Waals surface area contributed by atoms with Crippen LogP contribution in [-0.2, 0) is 17.8 Å². The maximum absolute atomic E-state index is 13.1. The van der Waals surface area contributed by atoms with Gasteiger partial charge in [0.2, 0.25) is 5.91 Å². The Balaban J connectivity index is 1.53. The second-order valence-electron chi connectivity index (χ2n) is 7.36. The van der Waals surface area contributed by atoms with Gasteiger partial charge in [0, 0.05) is 26.3 Å². The highest BCUT2D eigenvalue weighted by Crippen LogP contribution is 2.21. The van der Waals surface area contributed by atoms with E-state index in [-0.39, 0.29) is 11.8 Å². The number of aryl methyl sites for hydroxylation is 2. The zero-order chi connectivity index (χ0) is 20.2. The van der Waals surface area contributed by atoms with Crippen molar-refractivity contribution in [2.24, 2.45) is 0 Å². The van der Waals surface area contributed by atoms with E-state index in [2.05, 4.69) is 27.4 Å². The quantitative estimate of drug-likeness (QED) is 0.724. The molecule has 1 saturated heterocycles. The first-order valence-electron chi connectivity index (χ1n) is 10.0. The van der Waals surface area contributed by atoms with Gasteiger partial charge in [-0.1, -0.05) is 30.3 Å². The fraction of sp³-hybridized carbons (Fsp3) is 0.364. The van der Waals surface area contributed by atoms with E-state index in [1.807, 2.05) is 22.8 Å². The van der Waals surface area contributed by atoms with E-state index in [0.717, 1.165) is 31.5 Å². The zero-order valence-electron chi connectivity index (χ0n) is 16.5. The molecule has 29 heavy (non-hydrogen) atoms. The molecule has 4 rings (SSSR count). The number of imidazole rings is 1. The van der Waals surface area contributed by atoms with Crippen molar-refractivity contribution < 1.29 is 9.59 Å². The molecule has 0 bridgehead atoms. The van der Waals surface area contributed by atoms with Crippen molar-refractivity contribution >= 4 is 23.0 Å². The van der Waals surface area contributed by atoms with Crippen LogP contribution in [0.15, 0.2) is 48.9 Å². The molecule has 1 aliphatic rings. The number of piperidine rings is 1. The number of fused-ring (bicyclic) bond motifs is 1. The van der Waals surface area contributed by atoms with E-state index in [1.54, 1.807) is 30.5 Å². The van der Waals surface area contributed by atoms with Crippen LogP contribution in [0.2, 0.25) is 0 Å². The summed E-state index contributed by atoms with van der Waals surface area (Å²) in [6, 6.07) is 11.6. The molecule has 1 atom stereocenters. The number of hydrogen-bond donors (Lipinski definition) is 1. The Labute approximate surface area is 169 Å². The predicted octanol–water partition coefficient (Wildman–Crippen LogP) is 2.41. The standard InChI is InChI=1S/C22H25N5O2/c1-23-21(28)19-9-5-6-11-27(19)22(29)17-13-18-20(24-14-17)26(15-25-18)12-10-16-7-3-2-4-8-16/h2-4,7-8,13-15,19H,5-6,9-12H2,1H3,(H,23,28). The minimum absolute atomic E-state index is 0.114. The van der Waals surface area contributed by atoms with Gasteiger partial charge in [-0.05, 0) is 37.3 Å². The van der Waals surface area contributed by atoms with Crippen molar-refractivity contribution in [1.29, 1.82) is 0 Å². The monoisotopic (exact) mass is 391 g/mol. The summed E-state index contributed by atoms with van der Waals surface area (Å²) in [6.45, 7) is 1.35. The Morgan fingerprint density at radius 3 is 2.79 bits per heavy atom. The molecule has 0 aliphatic carbocycles. The van der Waals surface area contributed by atoms with E-state index in [1.165, 1.54) is 5.56 Å². The van der Waals surface area contributed by atoms with Gasteiger partial charge in [0.25, 0.3) is 5.91 Å². The number of carbonyl (C=O) groups is 2. The highest BCUT2D eigenvalue weighted by atomic mass is 16.2. The third-order valence-electron chi connectivity index (χ3n) is 5.50. The Morgan fingerprint density at radius 1 is 1.17 bits per heavy atom. The van der Waals surface area contributed by atoms with Crippen molar-refractivity contribution in [3.63, 3.8) is 0 Å². The average Bonchev–Trinajstić information content (AvgIpc) is 3.19. The second-order valence-corrected chi connectivity index (χ2v) is 7.36. The van der Waals surface area contributed by atoms with Crippen molar-refractivity contribution in [1.82, 2.24) is 24.8 Å². The van der Waals surface area contributed by atoms with Gasteiger partial charge < -0.3 is 14.8 Å². The summed E-state index contributed by atoms with van der Waals surface area (Å²) in [6.07, 6.45) is 6.80. The topological polar surface area (TPSA) is 80.1 Å². The van der Waals surface area contributed by atoms with Crippen LogP contribution in [0.1, 0.15) is 35.2 Å². The van der Waals surface area contributed by atoms with Gasteiger partial charge in [-0.2, -0.15) is 0 Å². The molecule has 1 N–H and O–H groups in total. The molecule has 1 aliphatic heterocycles. The van der Waals surface area contributed by atoms with E-state index < -0.39 is 6.04 Å². The number of carbonyl (C=O) groups excluding carboxylic acids is 2. The van der Waals surface area contributed by atoms with E-state index >= 15 is 0 Å². The molecule has 2 aromatic heterocycles. The summed E-state index contributed by atoms with van der Waals surface area (Å²) in [4.78, 5) is 35.9. The molecule has 7 heteroatoms. The average molecular weight is 391 g/mol. The first-order chi connectivity index (χ1) is 14.2. The first-order valence-corrected chi connectivity index (χ1v) is 10.0. The smallest absolute Gasteiger partial charge is 0.256 e. The third kappa shape index (κ3) is 3.99. The van der Waals surface area contributed by atoms with Gasteiger partial charge in [0.05, 0.1) is 11.9 Å². The van der Waals surface area contributed by atoms with Gasteiger partial charge in [0.1, 0.15) is 11.6 Å². The SMILES string of the molecule is CNC(=O)C1CCCCN1C(=O)c1cnc2c(c1)ncn2CCc1ccccc1. The lowest BCUT2D eigenvalue weighted by Gasteiger charge is -2.34. The molecule has 1 unspecified atom stereocenters. The Bertz CT molecular complexity index is 1010. The van der Waals surface area contributed by atoms with Crippen molar-refractivity contribution in [2.75, 3.05) is 13.6 Å². The lowest BCUT2D eigenvalue weighted by atomic mass is 10.0. The van der Waals surface area contributed by atoms with Crippen LogP contribution in [0.4, 0.5) is 0 Å². The van der Waals surface area contributed by atoms with Crippen molar-refractivity contribution in [2.45, 2.75) is 38.3 Å². The third-order valence-corrected chi connectivity index (χ3v) is 5.50. The number of nitrogens with zero attached hydrogens (tertiary/aromatic N) is 4. The van der Waals surface area contributed by atoms with Crippen LogP contribution in [0.25, 0.3) is 11.2 Å². The summed E-state index contributed by atoms with van der Waals surface area (Å²) >= 11 is 0. The van der Waals surface area contributed by atoms with Gasteiger partial charge in [-0.3, -0.25) is 9.59 Å². The van der Waals surface area contributed by atoms with Crippen LogP contribution < -0.4 is 5.32 Å². The maximum Gasteiger partial charge on any atom is 0.256 e. The summed E-state index contributed by atoms with van der Waals surface area (Å²) in [5.41, 5.74) is 3.18. The van der Waals surface area contributed by atoms with Crippen LogP contribution >= 0.6 is 0 Å². The predicted molar refractivity (Wildman–Crippen MR) is 110 cm³/mol. The second kappa shape index (κ2) is 8.43. The summed E-state index contributed by atoms with van der Waals surface area (Å²) in [5.74, 6) is -0.274. The molecule has 1 fully saturated rings. The Kier molecular flexibility index (Phi) is 5.55. The Morgan fingerprint density at radius 2 is 2.00 bits per heavy atom. The number of amides is 2. The molecule has 7 nitrogen and oxygen atoms in total. The molecule has 3 aromatic rings. The molecular formula is C22H25N5O2. The lowest BCUT2D eigenvalue weighted by molar-refractivity contribution is -0.126. The normalized spacial score (nSPS) is 16.7. The van der Waals surface area contributed by atoms with E-state index in [0.29, 0.717) is 24.0 Å². The minimum atomic E-state index is -0.416. The Hall–Kier alpha value is -3.22. The van der Waals surface area contributed by atoms with Crippen molar-refractivity contribution in [3.05, 3.63) is 60.0 Å². The van der Waals surface area contributed by atoms with E-state index in [9.17, 15) is 9.59 Å². The molecule has 1 aromatic carbocycles. The zero-order valence-corrected chi connectivity index (χ0v) is 16.5. The highest BCUT2D eigenvalue weighted by molar-refractivity contribution is 5.99. The van der Waals surface area contributed by atoms with Gasteiger partial charge in [0.15, 0.2) is 5.65 Å². The van der Waals surface area contributed by atoms with Gasteiger partial charge >= 0.3 is 0 Å². The summed E-state index contributed by atoms with van der Waals surface area (Å²) < 4.78 is 2.00. The largest absolute Gasteiger partial charge is 0.357 e. The number of hydrogen-bond acceptors (Lipinski definition) is 4. The maximum atomic E-state index is 13.1. The lowest BCUT2D eigenvalue weighted by Crippen LogP contribution is -2.51. The van der Waals surface area contributed by atoms with Crippen LogP contribution in [0.3, 0.4) is 0 Å². The molecule has 3 heterocycles. The molecule has 150 valence electrons. The number of benzene rings is 1. The number of pyridine rings is 1. The number of likely N-dealkylation sites (N-methyl/N-ethyl adjacent to an activating group) is 1. The van der Waals surface area contributed by atoms with E-state index in [4.69, 9.17) is 0 Å². The van der Waals surface area contributed by atoms with Crippen molar-refractivity contribution in [3.8, 4) is 0 Å². The minimum Gasteiger partial charge on any atom is -0.357 e. The highest BCUT2D eigenvalue weighted by Gasteiger charge is 2.32. The summed E-state index contributed by atoms with van der Waals surface area (Å²) in [7, 11) is 1.61. The van der Waals surface area contributed by atoms with Crippen LogP contribution in [0.5, 0.6) is 0 Å². The molecule has 0 saturated carbocycles. The van der Waals surface area contributed by atoms with Gasteiger partial charge in [-0.15, -0.1) is 0 Å². The number of likely N-dealkylation sites (tertiary alicyclic amines) is 1. The number of aromatic nitrogens is 3. The molecule has 2 amide bonds. The van der Waals surface area contributed by atoms with Crippen LogP contribution in [0, 0.1) is 0 Å². The summed E-state index contributed by atoms with van der Waals surface area (Å²) in [5, 5.41) is 2.67. The first kappa shape index (κ1) is 19.1. The fourth-order valence-electron chi connectivity index (χ4n) is 3.90. The fourth-order valence-corrected chi connectivity index (χ4v) is 3.90. The van der Waals surface area contributed by atoms with Crippen LogP contribution in [-0.4, -0.2) is 50.9 Å².